The fourth-order valence-electron chi connectivity index (χ4n) is 15.0. The molecule has 4 saturated carbocycles. The molecule has 6 unspecified atom stereocenters. The lowest BCUT2D eigenvalue weighted by molar-refractivity contribution is -0.235. The van der Waals surface area contributed by atoms with E-state index in [4.69, 9.17) is 4.74 Å². The number of hydrogen-bond donors (Lipinski definition) is 0. The smallest absolute Gasteiger partial charge is 0.139 e. The SMILES string of the molecule is CC1(C)CCC(C)(C)c2cc(N(c3ccc4c(c3)C(C)(C)CCC4(C)C)c3ccc4c(c3)C3(c5cccc(-c6ccccc6)c5O4)C4CC5CC6CC3C64C5)ccc21. The van der Waals surface area contributed by atoms with Gasteiger partial charge in [0.05, 0.1) is 0 Å². The third kappa shape index (κ3) is 4.40. The molecule has 1 aliphatic heterocycles. The number of anilines is 3. The third-order valence-corrected chi connectivity index (χ3v) is 18.1. The summed E-state index contributed by atoms with van der Waals surface area (Å²) in [5.74, 6) is 5.34. The quantitative estimate of drug-likeness (QED) is 0.181. The predicted octanol–water partition coefficient (Wildman–Crippen LogP) is 15.0. The van der Waals surface area contributed by atoms with E-state index >= 15 is 0 Å². The maximum absolute atomic E-state index is 7.26. The Bertz CT molecular complexity index is 2480. The summed E-state index contributed by atoms with van der Waals surface area (Å²) >= 11 is 0. The molecule has 1 heterocycles. The first-order valence-electron chi connectivity index (χ1n) is 22.8. The van der Waals surface area contributed by atoms with Crippen molar-refractivity contribution in [1.29, 1.82) is 0 Å². The van der Waals surface area contributed by atoms with Crippen molar-refractivity contribution in [2.45, 2.75) is 134 Å². The zero-order valence-electron chi connectivity index (χ0n) is 36.1. The number of fused-ring (bicyclic) bond motifs is 9. The second kappa shape index (κ2) is 11.3. The minimum Gasteiger partial charge on any atom is -0.456 e. The van der Waals surface area contributed by atoms with Crippen molar-refractivity contribution in [2.24, 2.45) is 29.1 Å². The molecule has 12 rings (SSSR count). The molecule has 0 saturated heterocycles. The van der Waals surface area contributed by atoms with Gasteiger partial charge in [0, 0.05) is 39.2 Å². The van der Waals surface area contributed by atoms with Crippen LogP contribution in [0.3, 0.4) is 0 Å². The van der Waals surface area contributed by atoms with Gasteiger partial charge in [-0.1, -0.05) is 116 Å². The summed E-state index contributed by atoms with van der Waals surface area (Å²) in [6, 6.07) is 40.4. The summed E-state index contributed by atoms with van der Waals surface area (Å²) < 4.78 is 7.26. The summed E-state index contributed by atoms with van der Waals surface area (Å²) in [7, 11) is 0. The molecule has 0 radical (unpaired) electrons. The molecule has 2 spiro atoms. The van der Waals surface area contributed by atoms with Crippen LogP contribution in [-0.4, -0.2) is 0 Å². The predicted molar refractivity (Wildman–Crippen MR) is 239 cm³/mol. The van der Waals surface area contributed by atoms with Gasteiger partial charge in [-0.15, -0.1) is 0 Å². The van der Waals surface area contributed by atoms with Crippen molar-refractivity contribution < 1.29 is 4.74 Å². The molecule has 4 fully saturated rings. The molecule has 58 heavy (non-hydrogen) atoms. The lowest BCUT2D eigenvalue weighted by Crippen LogP contribution is -2.74. The standard InChI is InChI=1S/C56H61NO/c1-51(2)23-25-53(5,6)44-30-37(17-20-41(44)51)57(38-18-21-42-45(31-38)54(7,8)26-24-52(42,3)4)39-19-22-47-46(32-39)56(48-28-34-27-36-29-49(56)55(36,48)33-34)43-16-12-15-40(50(43)58-47)35-13-10-9-11-14-35/h9-22,30-32,34,36,48-49H,23-29,33H2,1-8H3. The van der Waals surface area contributed by atoms with E-state index in [0.717, 1.165) is 23.3 Å². The molecular formula is C56H61NO. The number of rotatable bonds is 4. The average Bonchev–Trinajstić information content (AvgIpc) is 3.74. The Kier molecular flexibility index (Phi) is 6.93. The van der Waals surface area contributed by atoms with Crippen LogP contribution in [0, 0.1) is 29.1 Å². The summed E-state index contributed by atoms with van der Waals surface area (Å²) in [4.78, 5) is 2.62. The first-order valence-corrected chi connectivity index (χ1v) is 22.8. The van der Waals surface area contributed by atoms with E-state index in [-0.39, 0.29) is 27.1 Å². The van der Waals surface area contributed by atoms with Gasteiger partial charge in [0.25, 0.3) is 0 Å². The summed E-state index contributed by atoms with van der Waals surface area (Å²) in [5.41, 5.74) is 16.3. The maximum atomic E-state index is 7.26. The molecule has 0 aromatic heterocycles. The lowest BCUT2D eigenvalue weighted by Gasteiger charge is -2.77. The molecule has 2 bridgehead atoms. The maximum Gasteiger partial charge on any atom is 0.139 e. The highest BCUT2D eigenvalue weighted by molar-refractivity contribution is 5.82. The molecule has 6 atom stereocenters. The van der Waals surface area contributed by atoms with E-state index in [9.17, 15) is 0 Å². The van der Waals surface area contributed by atoms with Crippen molar-refractivity contribution in [2.75, 3.05) is 4.90 Å². The summed E-state index contributed by atoms with van der Waals surface area (Å²) in [6.07, 6.45) is 10.5. The average molecular weight is 764 g/mol. The van der Waals surface area contributed by atoms with Gasteiger partial charge in [-0.2, -0.15) is 0 Å². The lowest BCUT2D eigenvalue weighted by atomic mass is 9.26. The number of hydrogen-bond acceptors (Lipinski definition) is 2. The number of benzene rings is 5. The van der Waals surface area contributed by atoms with Gasteiger partial charge in [0.1, 0.15) is 11.5 Å². The van der Waals surface area contributed by atoms with Crippen molar-refractivity contribution in [1.82, 2.24) is 0 Å². The zero-order valence-corrected chi connectivity index (χ0v) is 36.1. The fourth-order valence-corrected chi connectivity index (χ4v) is 15.0. The van der Waals surface area contributed by atoms with Crippen LogP contribution in [0.2, 0.25) is 0 Å². The van der Waals surface area contributed by atoms with Crippen molar-refractivity contribution in [3.8, 4) is 22.6 Å². The number of ether oxygens (including phenoxy) is 1. The van der Waals surface area contributed by atoms with E-state index < -0.39 is 0 Å². The van der Waals surface area contributed by atoms with Gasteiger partial charge in [-0.05, 0) is 172 Å². The Morgan fingerprint density at radius 1 is 0.500 bits per heavy atom. The van der Waals surface area contributed by atoms with Crippen LogP contribution in [0.15, 0.2) is 103 Å². The highest BCUT2D eigenvalue weighted by atomic mass is 16.5. The molecule has 0 amide bonds. The normalized spacial score (nSPS) is 31.4. The van der Waals surface area contributed by atoms with Crippen LogP contribution >= 0.6 is 0 Å². The van der Waals surface area contributed by atoms with Gasteiger partial charge in [-0.3, -0.25) is 0 Å². The molecule has 2 nitrogen and oxygen atoms in total. The van der Waals surface area contributed by atoms with Gasteiger partial charge in [0.15, 0.2) is 0 Å². The van der Waals surface area contributed by atoms with E-state index in [2.05, 4.69) is 163 Å². The monoisotopic (exact) mass is 763 g/mol. The molecule has 6 aliphatic carbocycles. The molecule has 0 N–H and O–H groups in total. The van der Waals surface area contributed by atoms with Gasteiger partial charge >= 0.3 is 0 Å². The minimum atomic E-state index is -0.0230. The van der Waals surface area contributed by atoms with Gasteiger partial charge < -0.3 is 9.64 Å². The largest absolute Gasteiger partial charge is 0.456 e. The Morgan fingerprint density at radius 3 is 1.66 bits per heavy atom. The van der Waals surface area contributed by atoms with E-state index in [1.807, 2.05) is 0 Å². The van der Waals surface area contributed by atoms with Crippen LogP contribution in [0.5, 0.6) is 11.5 Å². The van der Waals surface area contributed by atoms with E-state index in [0.29, 0.717) is 17.3 Å². The Morgan fingerprint density at radius 2 is 1.05 bits per heavy atom. The fraction of sp³-hybridized carbons (Fsp3) is 0.464. The van der Waals surface area contributed by atoms with Crippen molar-refractivity contribution in [3.63, 3.8) is 0 Å². The van der Waals surface area contributed by atoms with E-state index in [1.54, 1.807) is 0 Å². The van der Waals surface area contributed by atoms with Crippen molar-refractivity contribution in [3.05, 3.63) is 137 Å². The second-order valence-corrected chi connectivity index (χ2v) is 22.7. The summed E-state index contributed by atoms with van der Waals surface area (Å²) in [5, 5.41) is 0. The number of para-hydroxylation sites is 1. The molecule has 296 valence electrons. The molecule has 7 aliphatic rings. The van der Waals surface area contributed by atoms with Gasteiger partial charge in [0.2, 0.25) is 0 Å². The molecule has 5 aromatic rings. The zero-order chi connectivity index (χ0) is 39.8. The second-order valence-electron chi connectivity index (χ2n) is 22.7. The first-order chi connectivity index (χ1) is 27.6. The van der Waals surface area contributed by atoms with Crippen LogP contribution in [0.4, 0.5) is 17.1 Å². The van der Waals surface area contributed by atoms with Crippen LogP contribution in [0.25, 0.3) is 11.1 Å². The van der Waals surface area contributed by atoms with Crippen LogP contribution in [0.1, 0.15) is 140 Å². The van der Waals surface area contributed by atoms with Crippen molar-refractivity contribution >= 4 is 17.1 Å². The minimum absolute atomic E-state index is 0.0230. The molecular weight excluding hydrogens is 703 g/mol. The van der Waals surface area contributed by atoms with Crippen LogP contribution < -0.4 is 9.64 Å². The van der Waals surface area contributed by atoms with E-state index in [1.165, 1.54) is 113 Å². The highest BCUT2D eigenvalue weighted by Gasteiger charge is 2.84. The Hall–Kier alpha value is -4.30. The highest BCUT2D eigenvalue weighted by Crippen LogP contribution is 2.89. The first kappa shape index (κ1) is 35.6. The Balaban J connectivity index is 1.08. The number of nitrogens with zero attached hydrogens (tertiary/aromatic N) is 1. The summed E-state index contributed by atoms with van der Waals surface area (Å²) in [6.45, 7) is 19.6. The topological polar surface area (TPSA) is 12.5 Å². The van der Waals surface area contributed by atoms with Gasteiger partial charge in [-0.25, -0.2) is 0 Å². The van der Waals surface area contributed by atoms with Crippen LogP contribution in [-0.2, 0) is 27.1 Å². The Labute approximate surface area is 347 Å². The third-order valence-electron chi connectivity index (χ3n) is 18.1. The molecule has 5 aromatic carbocycles. The molecule has 2 heteroatoms.